The van der Waals surface area contributed by atoms with E-state index in [0.29, 0.717) is 6.54 Å². The predicted molar refractivity (Wildman–Crippen MR) is 34.8 cm³/mol. The molecule has 0 atom stereocenters. The van der Waals surface area contributed by atoms with Gasteiger partial charge in [0, 0.05) is 6.54 Å². The van der Waals surface area contributed by atoms with E-state index in [1.807, 2.05) is 6.92 Å². The maximum Gasteiger partial charge on any atom is 0.338 e. The van der Waals surface area contributed by atoms with E-state index in [4.69, 9.17) is 0 Å². The fourth-order valence-corrected chi connectivity index (χ4v) is 0.549. The van der Waals surface area contributed by atoms with E-state index >= 15 is 0 Å². The minimum atomic E-state index is -0.746. The summed E-state index contributed by atoms with van der Waals surface area (Å²) in [6.07, 6.45) is 1.30. The molecule has 5 nitrogen and oxygen atoms in total. The van der Waals surface area contributed by atoms with E-state index in [1.165, 1.54) is 11.0 Å². The zero-order chi connectivity index (χ0) is 7.56. The molecule has 1 rings (SSSR count). The third kappa shape index (κ3) is 1.12. The molecule has 0 saturated carbocycles. The molecule has 0 fully saturated rings. The number of aromatic amines is 1. The molecule has 10 heavy (non-hydrogen) atoms. The summed E-state index contributed by atoms with van der Waals surface area (Å²) in [5, 5.41) is 2.31. The normalized spacial score (nSPS) is 9.70. The lowest BCUT2D eigenvalue weighted by Gasteiger charge is -1.96. The van der Waals surface area contributed by atoms with Crippen LogP contribution in [0.2, 0.25) is 0 Å². The van der Waals surface area contributed by atoms with Gasteiger partial charge in [0.1, 0.15) is 6.33 Å². The summed E-state index contributed by atoms with van der Waals surface area (Å²) in [7, 11) is 0. The molecule has 0 unspecified atom stereocenters. The number of rotatable bonds is 1. The second-order valence-electron chi connectivity index (χ2n) is 1.78. The predicted octanol–water partition coefficient (Wildman–Crippen LogP) is -1.05. The quantitative estimate of drug-likeness (QED) is 0.507. The van der Waals surface area contributed by atoms with Gasteiger partial charge in [-0.2, -0.15) is 4.98 Å². The van der Waals surface area contributed by atoms with Crippen LogP contribution >= 0.6 is 0 Å². The second kappa shape index (κ2) is 2.47. The smallest absolute Gasteiger partial charge is 0.274 e. The lowest BCUT2D eigenvalue weighted by atomic mass is 10.7. The highest BCUT2D eigenvalue weighted by atomic mass is 16.2. The van der Waals surface area contributed by atoms with Gasteiger partial charge in [-0.15, -0.1) is 0 Å². The zero-order valence-electron chi connectivity index (χ0n) is 5.50. The van der Waals surface area contributed by atoms with Crippen molar-refractivity contribution in [1.82, 2.24) is 14.8 Å². The molecule has 0 bridgehead atoms. The summed E-state index contributed by atoms with van der Waals surface area (Å²) in [4.78, 5) is 24.3. The van der Waals surface area contributed by atoms with Crippen molar-refractivity contribution in [2.45, 2.75) is 13.5 Å². The topological polar surface area (TPSA) is 67.8 Å². The molecule has 0 spiro atoms. The summed E-state index contributed by atoms with van der Waals surface area (Å²) >= 11 is 0. The number of H-pyrrole nitrogens is 1. The Labute approximate surface area is 56.3 Å². The van der Waals surface area contributed by atoms with Crippen LogP contribution in [-0.4, -0.2) is 14.8 Å². The van der Waals surface area contributed by atoms with Crippen LogP contribution in [0.25, 0.3) is 0 Å². The Bertz CT molecular complexity index is 324. The van der Waals surface area contributed by atoms with Gasteiger partial charge >= 0.3 is 11.1 Å². The molecule has 0 amide bonds. The Balaban J connectivity index is 3.31. The van der Waals surface area contributed by atoms with Crippen molar-refractivity contribution < 1.29 is 0 Å². The van der Waals surface area contributed by atoms with E-state index in [-0.39, 0.29) is 0 Å². The van der Waals surface area contributed by atoms with Crippen LogP contribution in [0.15, 0.2) is 15.9 Å². The monoisotopic (exact) mass is 141 g/mol. The number of aryl methyl sites for hydroxylation is 1. The Hall–Kier alpha value is -1.39. The molecule has 1 aromatic heterocycles. The van der Waals surface area contributed by atoms with Gasteiger partial charge in [-0.05, 0) is 6.92 Å². The van der Waals surface area contributed by atoms with Gasteiger partial charge < -0.3 is 0 Å². The van der Waals surface area contributed by atoms with E-state index in [1.54, 1.807) is 0 Å². The number of nitrogens with one attached hydrogen (secondary N) is 1. The van der Waals surface area contributed by atoms with Crippen molar-refractivity contribution in [3.8, 4) is 0 Å². The first-order valence-electron chi connectivity index (χ1n) is 2.90. The van der Waals surface area contributed by atoms with Gasteiger partial charge in [0.05, 0.1) is 0 Å². The Kier molecular flexibility index (Phi) is 1.66. The lowest BCUT2D eigenvalue weighted by molar-refractivity contribution is 0.604. The maximum absolute atomic E-state index is 10.5. The Morgan fingerprint density at radius 2 is 2.40 bits per heavy atom. The lowest BCUT2D eigenvalue weighted by Crippen LogP contribution is -2.32. The van der Waals surface area contributed by atoms with E-state index in [9.17, 15) is 9.59 Å². The number of hydrogen-bond acceptors (Lipinski definition) is 3. The highest BCUT2D eigenvalue weighted by Gasteiger charge is 1.91. The zero-order valence-corrected chi connectivity index (χ0v) is 5.50. The molecule has 0 aliphatic rings. The molecule has 0 radical (unpaired) electrons. The molecule has 1 N–H and O–H groups in total. The first-order chi connectivity index (χ1) is 4.74. The van der Waals surface area contributed by atoms with Crippen LogP contribution in [0.4, 0.5) is 0 Å². The Morgan fingerprint density at radius 3 is 2.90 bits per heavy atom. The maximum atomic E-state index is 10.5. The molecular formula is C5H7N3O2. The van der Waals surface area contributed by atoms with Gasteiger partial charge in [-0.25, -0.2) is 0 Å². The van der Waals surface area contributed by atoms with Crippen molar-refractivity contribution in [2.24, 2.45) is 0 Å². The molecule has 0 aliphatic heterocycles. The van der Waals surface area contributed by atoms with Crippen LogP contribution in [0, 0.1) is 0 Å². The summed E-state index contributed by atoms with van der Waals surface area (Å²) in [6.45, 7) is 2.44. The third-order valence-corrected chi connectivity index (χ3v) is 1.09. The Morgan fingerprint density at radius 1 is 1.70 bits per heavy atom. The molecule has 54 valence electrons. The van der Waals surface area contributed by atoms with Gasteiger partial charge in [-0.1, -0.05) is 0 Å². The summed E-state index contributed by atoms with van der Waals surface area (Å²) in [5.41, 5.74) is -1.42. The largest absolute Gasteiger partial charge is 0.338 e. The first kappa shape index (κ1) is 6.73. The van der Waals surface area contributed by atoms with Crippen molar-refractivity contribution >= 4 is 0 Å². The summed E-state index contributed by atoms with van der Waals surface area (Å²) in [5.74, 6) is 0. The highest BCUT2D eigenvalue weighted by Crippen LogP contribution is 1.68. The van der Waals surface area contributed by atoms with E-state index in [0.717, 1.165) is 0 Å². The molecule has 5 heteroatoms. The molecule has 0 aliphatic carbocycles. The van der Waals surface area contributed by atoms with Crippen LogP contribution in [0.5, 0.6) is 0 Å². The molecular weight excluding hydrogens is 134 g/mol. The van der Waals surface area contributed by atoms with Gasteiger partial charge in [0.2, 0.25) is 0 Å². The van der Waals surface area contributed by atoms with Gasteiger partial charge in [-0.3, -0.25) is 19.4 Å². The first-order valence-corrected chi connectivity index (χ1v) is 2.90. The average Bonchev–Trinajstić information content (AvgIpc) is 1.95. The number of aromatic nitrogens is 3. The van der Waals surface area contributed by atoms with Gasteiger partial charge in [0.25, 0.3) is 0 Å². The van der Waals surface area contributed by atoms with Crippen LogP contribution < -0.4 is 11.1 Å². The summed E-state index contributed by atoms with van der Waals surface area (Å²) in [6, 6.07) is 0. The molecule has 0 saturated heterocycles. The average molecular weight is 141 g/mol. The molecule has 0 aromatic carbocycles. The fraction of sp³-hybridized carbons (Fsp3) is 0.400. The molecule has 1 aromatic rings. The van der Waals surface area contributed by atoms with Crippen molar-refractivity contribution in [1.29, 1.82) is 0 Å². The van der Waals surface area contributed by atoms with Crippen LogP contribution in [0.1, 0.15) is 6.92 Å². The minimum absolute atomic E-state index is 0.600. The summed E-state index contributed by atoms with van der Waals surface area (Å²) < 4.78 is 1.43. The van der Waals surface area contributed by atoms with Crippen molar-refractivity contribution in [2.75, 3.05) is 0 Å². The molecule has 1 heterocycles. The fourth-order valence-electron chi connectivity index (χ4n) is 0.549. The van der Waals surface area contributed by atoms with Crippen LogP contribution in [-0.2, 0) is 6.54 Å². The number of nitrogens with zero attached hydrogens (tertiary/aromatic N) is 2. The number of hydrogen-bond donors (Lipinski definition) is 1. The highest BCUT2D eigenvalue weighted by molar-refractivity contribution is 4.69. The van der Waals surface area contributed by atoms with E-state index in [2.05, 4.69) is 10.1 Å². The second-order valence-corrected chi connectivity index (χ2v) is 1.78. The third-order valence-electron chi connectivity index (χ3n) is 1.09. The van der Waals surface area contributed by atoms with Crippen molar-refractivity contribution in [3.05, 3.63) is 27.0 Å². The van der Waals surface area contributed by atoms with Crippen LogP contribution in [0.3, 0.4) is 0 Å². The van der Waals surface area contributed by atoms with Gasteiger partial charge in [0.15, 0.2) is 0 Å². The van der Waals surface area contributed by atoms with Crippen molar-refractivity contribution in [3.63, 3.8) is 0 Å². The SMILES string of the molecule is CCn1cnc(=O)c(=O)[nH]1. The standard InChI is InChI=1S/C5H7N3O2/c1-2-8-3-6-4(9)5(10)7-8/h3H,2H2,1H3,(H,7,10). The minimum Gasteiger partial charge on any atom is -0.274 e. The van der Waals surface area contributed by atoms with E-state index < -0.39 is 11.1 Å².